The van der Waals surface area contributed by atoms with Gasteiger partial charge in [-0.15, -0.1) is 0 Å². The number of nitrogens with one attached hydrogen (secondary N) is 3. The number of alkyl carbamates (subject to hydrolysis) is 1. The fourth-order valence-electron chi connectivity index (χ4n) is 5.56. The molecule has 1 heterocycles. The van der Waals surface area contributed by atoms with Crippen LogP contribution in [0.5, 0.6) is 11.5 Å². The molecule has 52 heavy (non-hydrogen) atoms. The van der Waals surface area contributed by atoms with E-state index in [1.807, 2.05) is 24.3 Å². The number of aromatic nitrogens is 2. The maximum absolute atomic E-state index is 13.9. The molecule has 278 valence electrons. The Kier molecular flexibility index (Phi) is 12.1. The molecule has 0 radical (unpaired) electrons. The average molecular weight is 722 g/mol. The van der Waals surface area contributed by atoms with Crippen molar-refractivity contribution < 1.29 is 37.0 Å². The predicted molar refractivity (Wildman–Crippen MR) is 192 cm³/mol. The third-order valence-electron chi connectivity index (χ3n) is 8.29. The van der Waals surface area contributed by atoms with Gasteiger partial charge in [-0.3, -0.25) is 4.79 Å². The van der Waals surface area contributed by atoms with Crippen LogP contribution in [0, 0.1) is 5.92 Å². The van der Waals surface area contributed by atoms with Crippen molar-refractivity contribution in [1.29, 1.82) is 0 Å². The van der Waals surface area contributed by atoms with E-state index in [0.29, 0.717) is 35.3 Å². The van der Waals surface area contributed by atoms with Crippen LogP contribution in [0.15, 0.2) is 72.8 Å². The number of anilines is 1. The lowest BCUT2D eigenvalue weighted by Gasteiger charge is -2.24. The molecule has 1 fully saturated rings. The molecule has 0 bridgehead atoms. The van der Waals surface area contributed by atoms with Gasteiger partial charge < -0.3 is 30.2 Å². The van der Waals surface area contributed by atoms with E-state index in [1.54, 1.807) is 64.3 Å². The summed E-state index contributed by atoms with van der Waals surface area (Å²) >= 11 is 0. The average Bonchev–Trinajstić information content (AvgIpc) is 3.80. The Balaban J connectivity index is 1.43. The third kappa shape index (κ3) is 10.3. The Hall–Kier alpha value is -5.04. The highest BCUT2D eigenvalue weighted by atomic mass is 19.4. The molecular formula is C39H46F3N5O5. The van der Waals surface area contributed by atoms with Crippen molar-refractivity contribution in [3.8, 4) is 17.2 Å². The van der Waals surface area contributed by atoms with Gasteiger partial charge in [-0.2, -0.15) is 18.3 Å². The van der Waals surface area contributed by atoms with Gasteiger partial charge in [0.25, 0.3) is 5.91 Å². The highest BCUT2D eigenvalue weighted by Gasteiger charge is 2.36. The molecule has 0 aliphatic heterocycles. The number of hydrogen-bond acceptors (Lipinski definition) is 7. The molecule has 1 aromatic heterocycles. The van der Waals surface area contributed by atoms with Crippen LogP contribution < -0.4 is 25.4 Å². The lowest BCUT2D eigenvalue weighted by atomic mass is 9.96. The zero-order valence-electron chi connectivity index (χ0n) is 30.1. The fourth-order valence-corrected chi connectivity index (χ4v) is 5.56. The quantitative estimate of drug-likeness (QED) is 0.106. The number of unbranched alkanes of at least 4 members (excludes halogenated alkanes) is 1. The van der Waals surface area contributed by atoms with Gasteiger partial charge in [0.2, 0.25) is 0 Å². The number of para-hydroxylation sites is 1. The lowest BCUT2D eigenvalue weighted by Crippen LogP contribution is -2.32. The van der Waals surface area contributed by atoms with Crippen molar-refractivity contribution in [3.63, 3.8) is 0 Å². The fraction of sp³-hybridized carbons (Fsp3) is 0.410. The van der Waals surface area contributed by atoms with Gasteiger partial charge in [-0.25, -0.2) is 9.48 Å². The molecule has 13 heteroatoms. The minimum Gasteiger partial charge on any atom is -0.493 e. The van der Waals surface area contributed by atoms with Gasteiger partial charge in [0, 0.05) is 23.9 Å². The van der Waals surface area contributed by atoms with Crippen LogP contribution in [0.3, 0.4) is 0 Å². The molecule has 0 saturated heterocycles. The van der Waals surface area contributed by atoms with E-state index >= 15 is 0 Å². The second-order valence-corrected chi connectivity index (χ2v) is 13.8. The summed E-state index contributed by atoms with van der Waals surface area (Å²) in [4.78, 5) is 26.0. The number of methoxy groups -OCH3 is 1. The highest BCUT2D eigenvalue weighted by molar-refractivity contribution is 6.03. The monoisotopic (exact) mass is 721 g/mol. The summed E-state index contributed by atoms with van der Waals surface area (Å²) in [6.45, 7) is 8.63. The molecule has 1 aliphatic rings. The summed E-state index contributed by atoms with van der Waals surface area (Å²) in [6.07, 6.45) is -1.32. The lowest BCUT2D eigenvalue weighted by molar-refractivity contribution is -0.141. The number of nitrogens with zero attached hydrogens (tertiary/aromatic N) is 2. The number of amides is 2. The molecule has 5 rings (SSSR count). The van der Waals surface area contributed by atoms with Crippen molar-refractivity contribution in [2.75, 3.05) is 25.6 Å². The van der Waals surface area contributed by atoms with Crippen molar-refractivity contribution >= 4 is 17.7 Å². The molecule has 3 aromatic carbocycles. The number of halogens is 3. The molecule has 1 saturated carbocycles. The molecule has 1 unspecified atom stereocenters. The van der Waals surface area contributed by atoms with E-state index in [-0.39, 0.29) is 24.0 Å². The number of rotatable bonds is 15. The second-order valence-electron chi connectivity index (χ2n) is 13.8. The molecule has 10 nitrogen and oxygen atoms in total. The first-order valence-electron chi connectivity index (χ1n) is 17.4. The Morgan fingerprint density at radius 2 is 1.75 bits per heavy atom. The van der Waals surface area contributed by atoms with Crippen molar-refractivity contribution in [3.05, 3.63) is 101 Å². The van der Waals surface area contributed by atoms with E-state index < -0.39 is 29.5 Å². The Morgan fingerprint density at radius 3 is 2.44 bits per heavy atom. The van der Waals surface area contributed by atoms with Crippen LogP contribution in [-0.2, 0) is 17.5 Å². The Bertz CT molecular complexity index is 1850. The van der Waals surface area contributed by atoms with E-state index in [2.05, 4.69) is 28.0 Å². The SMILES string of the molecule is CCCCOc1c(OC)cccc1C(NCC1CC1)c1cccc(NC(=O)c2cc(C(F)(F)F)nn2-c2cccc(CNC(=O)OC(C)(C)C)c2)c1. The number of hydrogen-bond donors (Lipinski definition) is 3. The van der Waals surface area contributed by atoms with Crippen LogP contribution in [0.4, 0.5) is 23.7 Å². The summed E-state index contributed by atoms with van der Waals surface area (Å²) in [5.41, 5.74) is 0.594. The molecule has 4 aromatic rings. The predicted octanol–water partition coefficient (Wildman–Crippen LogP) is 8.44. The van der Waals surface area contributed by atoms with Crippen LogP contribution in [-0.4, -0.2) is 47.6 Å². The maximum Gasteiger partial charge on any atom is 0.435 e. The van der Waals surface area contributed by atoms with Crippen LogP contribution >= 0.6 is 0 Å². The summed E-state index contributed by atoms with van der Waals surface area (Å²) in [7, 11) is 1.60. The third-order valence-corrected chi connectivity index (χ3v) is 8.29. The molecule has 0 spiro atoms. The largest absolute Gasteiger partial charge is 0.493 e. The van der Waals surface area contributed by atoms with E-state index in [0.717, 1.165) is 54.1 Å². The first kappa shape index (κ1) is 38.2. The molecular weight excluding hydrogens is 675 g/mol. The number of alkyl halides is 3. The molecule has 2 amide bonds. The van der Waals surface area contributed by atoms with Gasteiger partial charge in [-0.1, -0.05) is 49.7 Å². The molecule has 1 atom stereocenters. The molecule has 3 N–H and O–H groups in total. The van der Waals surface area contributed by atoms with Gasteiger partial charge in [0.05, 0.1) is 25.4 Å². The summed E-state index contributed by atoms with van der Waals surface area (Å²) in [6, 6.07) is 19.7. The summed E-state index contributed by atoms with van der Waals surface area (Å²) in [5, 5.41) is 12.9. The number of carbonyl (C=O) groups excluding carboxylic acids is 2. The number of benzene rings is 3. The Morgan fingerprint density at radius 1 is 1.00 bits per heavy atom. The van der Waals surface area contributed by atoms with Gasteiger partial charge in [0.1, 0.15) is 11.3 Å². The number of ether oxygens (including phenoxy) is 3. The van der Waals surface area contributed by atoms with Crippen LogP contribution in [0.25, 0.3) is 5.69 Å². The summed E-state index contributed by atoms with van der Waals surface area (Å²) < 4.78 is 60.0. The topological polar surface area (TPSA) is 116 Å². The van der Waals surface area contributed by atoms with Crippen molar-refractivity contribution in [2.24, 2.45) is 5.92 Å². The van der Waals surface area contributed by atoms with E-state index in [9.17, 15) is 22.8 Å². The van der Waals surface area contributed by atoms with Gasteiger partial charge in [-0.05, 0) is 94.0 Å². The molecule has 1 aliphatic carbocycles. The van der Waals surface area contributed by atoms with Gasteiger partial charge >= 0.3 is 12.3 Å². The second kappa shape index (κ2) is 16.5. The standard InChI is InChI=1S/C39H46F3N5O5/c1-6-7-19-51-35-30(15-10-16-32(35)50-5)34(43-23-25-17-18-25)27-12-9-13-28(21-27)45-36(48)31-22-33(39(40,41)42)46-47(31)29-14-8-11-26(20-29)24-44-37(49)52-38(2,3)4/h8-16,20-22,25,34,43H,6-7,17-19,23-24H2,1-5H3,(H,44,49)(H,45,48). The smallest absolute Gasteiger partial charge is 0.435 e. The zero-order chi connectivity index (χ0) is 37.5. The van der Waals surface area contributed by atoms with Crippen LogP contribution in [0.1, 0.15) is 92.3 Å². The summed E-state index contributed by atoms with van der Waals surface area (Å²) in [5.74, 6) is 1.02. The van der Waals surface area contributed by atoms with Crippen LogP contribution in [0.2, 0.25) is 0 Å². The number of carbonyl (C=O) groups is 2. The van der Waals surface area contributed by atoms with Crippen molar-refractivity contribution in [2.45, 2.75) is 77.7 Å². The first-order valence-corrected chi connectivity index (χ1v) is 17.4. The minimum atomic E-state index is -4.80. The maximum atomic E-state index is 13.9. The normalized spacial score (nSPS) is 13.7. The first-order chi connectivity index (χ1) is 24.8. The Labute approximate surface area is 302 Å². The van der Waals surface area contributed by atoms with Crippen molar-refractivity contribution in [1.82, 2.24) is 20.4 Å². The highest BCUT2D eigenvalue weighted by Crippen LogP contribution is 2.39. The van der Waals surface area contributed by atoms with E-state index in [4.69, 9.17) is 14.2 Å². The minimum absolute atomic E-state index is 0.0407. The zero-order valence-corrected chi connectivity index (χ0v) is 30.1. The van der Waals surface area contributed by atoms with Gasteiger partial charge in [0.15, 0.2) is 17.2 Å². The van der Waals surface area contributed by atoms with E-state index in [1.165, 1.54) is 6.07 Å².